The molecule has 110 valence electrons. The maximum Gasteiger partial charge on any atom is 0.356 e. The Hall–Kier alpha value is -1.36. The van der Waals surface area contributed by atoms with Crippen LogP contribution in [0.1, 0.15) is 12.5 Å². The van der Waals surface area contributed by atoms with Crippen LogP contribution in [0.5, 0.6) is 0 Å². The molecule has 6 nitrogen and oxygen atoms in total. The van der Waals surface area contributed by atoms with Gasteiger partial charge in [-0.15, -0.1) is 0 Å². The minimum atomic E-state index is -3.55. The van der Waals surface area contributed by atoms with Crippen molar-refractivity contribution in [3.63, 3.8) is 0 Å². The van der Waals surface area contributed by atoms with Crippen LogP contribution in [-0.4, -0.2) is 43.4 Å². The van der Waals surface area contributed by atoms with Crippen molar-refractivity contribution in [2.24, 2.45) is 0 Å². The van der Waals surface area contributed by atoms with E-state index in [1.54, 1.807) is 26.1 Å². The van der Waals surface area contributed by atoms with E-state index in [4.69, 9.17) is 9.26 Å². The highest BCUT2D eigenvalue weighted by Gasteiger charge is 2.66. The SMILES string of the molecule is CCOC1(c2ccccc2)N(C)C(=O)N(C)P1(=O)OC. The number of ether oxygens (including phenoxy) is 1. The molecule has 0 aliphatic carbocycles. The van der Waals surface area contributed by atoms with Gasteiger partial charge in [-0.2, -0.15) is 0 Å². The van der Waals surface area contributed by atoms with Crippen LogP contribution in [0, 0.1) is 0 Å². The van der Waals surface area contributed by atoms with E-state index in [-0.39, 0.29) is 0 Å². The summed E-state index contributed by atoms with van der Waals surface area (Å²) < 4.78 is 25.5. The van der Waals surface area contributed by atoms with E-state index in [0.29, 0.717) is 12.2 Å². The van der Waals surface area contributed by atoms with Gasteiger partial charge in [-0.3, -0.25) is 14.1 Å². The molecule has 1 aromatic rings. The molecule has 7 heteroatoms. The van der Waals surface area contributed by atoms with Crippen molar-refractivity contribution in [2.75, 3.05) is 27.8 Å². The second kappa shape index (κ2) is 5.20. The number of hydrogen-bond acceptors (Lipinski definition) is 4. The summed E-state index contributed by atoms with van der Waals surface area (Å²) in [4.78, 5) is 13.6. The summed E-state index contributed by atoms with van der Waals surface area (Å²) >= 11 is 0. The average molecular weight is 298 g/mol. The number of carbonyl (C=O) groups is 1. The smallest absolute Gasteiger partial charge is 0.342 e. The Kier molecular flexibility index (Phi) is 3.91. The second-order valence-corrected chi connectivity index (χ2v) is 7.09. The number of hydrogen-bond donors (Lipinski definition) is 0. The molecule has 0 N–H and O–H groups in total. The first-order chi connectivity index (χ1) is 9.45. The molecule has 0 spiro atoms. The third-order valence-electron chi connectivity index (χ3n) is 3.54. The van der Waals surface area contributed by atoms with Crippen LogP contribution in [0.4, 0.5) is 4.79 Å². The van der Waals surface area contributed by atoms with Crippen molar-refractivity contribution in [2.45, 2.75) is 12.4 Å². The minimum absolute atomic E-state index is 0.299. The molecule has 1 heterocycles. The molecule has 0 radical (unpaired) electrons. The zero-order valence-corrected chi connectivity index (χ0v) is 13.0. The van der Waals surface area contributed by atoms with Crippen molar-refractivity contribution < 1.29 is 18.6 Å². The lowest BCUT2D eigenvalue weighted by atomic mass is 10.2. The van der Waals surface area contributed by atoms with Gasteiger partial charge in [0.1, 0.15) is 0 Å². The summed E-state index contributed by atoms with van der Waals surface area (Å²) in [6.07, 6.45) is 0. The van der Waals surface area contributed by atoms with Crippen LogP contribution in [0.2, 0.25) is 0 Å². The number of nitrogens with zero attached hydrogens (tertiary/aromatic N) is 2. The second-order valence-electron chi connectivity index (χ2n) is 4.48. The lowest BCUT2D eigenvalue weighted by molar-refractivity contribution is -0.0637. The Morgan fingerprint density at radius 2 is 1.85 bits per heavy atom. The number of carbonyl (C=O) groups excluding carboxylic acids is 1. The number of amides is 2. The Morgan fingerprint density at radius 3 is 2.35 bits per heavy atom. The fraction of sp³-hybridized carbons (Fsp3) is 0.462. The van der Waals surface area contributed by atoms with E-state index in [2.05, 4.69) is 0 Å². The fourth-order valence-electron chi connectivity index (χ4n) is 2.57. The third-order valence-corrected chi connectivity index (χ3v) is 6.45. The number of rotatable bonds is 4. The Balaban J connectivity index is 2.73. The van der Waals surface area contributed by atoms with Gasteiger partial charge in [-0.1, -0.05) is 30.3 Å². The molecule has 2 unspecified atom stereocenters. The predicted octanol–water partition coefficient (Wildman–Crippen LogP) is 2.67. The highest BCUT2D eigenvalue weighted by molar-refractivity contribution is 7.58. The van der Waals surface area contributed by atoms with Gasteiger partial charge < -0.3 is 9.26 Å². The average Bonchev–Trinajstić information content (AvgIpc) is 2.63. The largest absolute Gasteiger partial charge is 0.356 e. The third kappa shape index (κ3) is 1.72. The minimum Gasteiger partial charge on any atom is -0.342 e. The molecule has 2 atom stereocenters. The van der Waals surface area contributed by atoms with E-state index in [9.17, 15) is 9.36 Å². The number of benzene rings is 1. The Morgan fingerprint density at radius 1 is 1.25 bits per heavy atom. The lowest BCUT2D eigenvalue weighted by Gasteiger charge is -2.37. The maximum atomic E-state index is 13.3. The maximum absolute atomic E-state index is 13.3. The molecular formula is C13H19N2O4P. The van der Waals surface area contributed by atoms with E-state index >= 15 is 0 Å². The van der Waals surface area contributed by atoms with Gasteiger partial charge in [-0.05, 0) is 6.92 Å². The highest BCUT2D eigenvalue weighted by Crippen LogP contribution is 2.71. The molecule has 2 rings (SSSR count). The quantitative estimate of drug-likeness (QED) is 0.802. The molecule has 1 aromatic carbocycles. The summed E-state index contributed by atoms with van der Waals surface area (Å²) in [7, 11) is 0.822. The number of urea groups is 1. The van der Waals surface area contributed by atoms with Crippen LogP contribution in [0.15, 0.2) is 30.3 Å². The molecule has 0 aromatic heterocycles. The lowest BCUT2D eigenvalue weighted by Crippen LogP contribution is -2.42. The zero-order chi connectivity index (χ0) is 15.0. The van der Waals surface area contributed by atoms with Crippen molar-refractivity contribution in [3.8, 4) is 0 Å². The molecule has 1 aliphatic rings. The van der Waals surface area contributed by atoms with Gasteiger partial charge >= 0.3 is 13.6 Å². The van der Waals surface area contributed by atoms with Crippen LogP contribution in [-0.2, 0) is 19.3 Å². The zero-order valence-electron chi connectivity index (χ0n) is 12.1. The molecule has 0 saturated carbocycles. The van der Waals surface area contributed by atoms with Crippen LogP contribution < -0.4 is 0 Å². The first-order valence-electron chi connectivity index (χ1n) is 6.33. The van der Waals surface area contributed by atoms with Crippen LogP contribution in [0.3, 0.4) is 0 Å². The van der Waals surface area contributed by atoms with Crippen molar-refractivity contribution >= 4 is 13.6 Å². The molecule has 2 amide bonds. The van der Waals surface area contributed by atoms with Crippen LogP contribution in [0.25, 0.3) is 0 Å². The van der Waals surface area contributed by atoms with Gasteiger partial charge in [-0.25, -0.2) is 4.79 Å². The van der Waals surface area contributed by atoms with E-state index in [1.165, 1.54) is 19.1 Å². The van der Waals surface area contributed by atoms with E-state index in [1.807, 2.05) is 18.2 Å². The molecule has 1 fully saturated rings. The Labute approximate surface area is 118 Å². The summed E-state index contributed by atoms with van der Waals surface area (Å²) in [6.45, 7) is 2.09. The van der Waals surface area contributed by atoms with Gasteiger partial charge in [0.2, 0.25) is 0 Å². The molecule has 0 bridgehead atoms. The highest BCUT2D eigenvalue weighted by atomic mass is 31.2. The van der Waals surface area contributed by atoms with Gasteiger partial charge in [0.05, 0.1) is 0 Å². The Bertz CT molecular complexity index is 551. The van der Waals surface area contributed by atoms with E-state index < -0.39 is 19.0 Å². The van der Waals surface area contributed by atoms with Gasteiger partial charge in [0.15, 0.2) is 0 Å². The molecule has 1 aliphatic heterocycles. The first kappa shape index (κ1) is 15.0. The predicted molar refractivity (Wildman–Crippen MR) is 75.3 cm³/mol. The summed E-state index contributed by atoms with van der Waals surface area (Å²) in [5.41, 5.74) is -0.781. The molecule has 1 saturated heterocycles. The topological polar surface area (TPSA) is 59.1 Å². The van der Waals surface area contributed by atoms with Crippen molar-refractivity contribution in [1.29, 1.82) is 0 Å². The monoisotopic (exact) mass is 298 g/mol. The summed E-state index contributed by atoms with van der Waals surface area (Å²) in [5, 5.41) is 0. The van der Waals surface area contributed by atoms with Gasteiger partial charge in [0.25, 0.3) is 5.47 Å². The van der Waals surface area contributed by atoms with E-state index in [0.717, 1.165) is 4.67 Å². The molecule has 20 heavy (non-hydrogen) atoms. The standard InChI is InChI=1S/C13H19N2O4P/c1-5-19-13(11-9-7-6-8-10-11)14(2)12(16)15(3)20(13,17)18-4/h6-10H,5H2,1-4H3. The summed E-state index contributed by atoms with van der Waals surface area (Å²) in [6, 6.07) is 8.64. The van der Waals surface area contributed by atoms with Crippen LogP contribution >= 0.6 is 7.52 Å². The summed E-state index contributed by atoms with van der Waals surface area (Å²) in [5.74, 6) is 0. The van der Waals surface area contributed by atoms with Crippen molar-refractivity contribution in [3.05, 3.63) is 35.9 Å². The van der Waals surface area contributed by atoms with Gasteiger partial charge in [0, 0.05) is 33.4 Å². The fourth-order valence-corrected chi connectivity index (χ4v) is 5.06. The normalized spacial score (nSPS) is 30.1. The first-order valence-corrected chi connectivity index (χ1v) is 7.90. The molecular weight excluding hydrogens is 279 g/mol. The van der Waals surface area contributed by atoms with Crippen molar-refractivity contribution in [1.82, 2.24) is 9.57 Å².